The molecule has 0 aliphatic heterocycles. The zero-order valence-corrected chi connectivity index (χ0v) is 10.4. The average molecular weight is 224 g/mol. The Balaban J connectivity index is 2.19. The quantitative estimate of drug-likeness (QED) is 0.850. The van der Waals surface area contributed by atoms with Gasteiger partial charge in [-0.2, -0.15) is 0 Å². The first-order chi connectivity index (χ1) is 7.30. The second kappa shape index (κ2) is 4.62. The average Bonchev–Trinajstić information content (AvgIpc) is 2.86. The molecule has 0 amide bonds. The first-order valence-electron chi connectivity index (χ1n) is 5.95. The van der Waals surface area contributed by atoms with Gasteiger partial charge in [0.15, 0.2) is 0 Å². The predicted molar refractivity (Wildman–Crippen MR) is 65.1 cm³/mol. The van der Waals surface area contributed by atoms with Crippen LogP contribution in [0.4, 0.5) is 0 Å². The minimum atomic E-state index is 0.198. The number of rotatable bonds is 4. The maximum atomic E-state index is 4.51. The van der Waals surface area contributed by atoms with Crippen molar-refractivity contribution < 1.29 is 0 Å². The van der Waals surface area contributed by atoms with Crippen LogP contribution in [0.5, 0.6) is 0 Å². The summed E-state index contributed by atoms with van der Waals surface area (Å²) in [6.07, 6.45) is 7.11. The van der Waals surface area contributed by atoms with Crippen LogP contribution in [0, 0.1) is 5.92 Å². The van der Waals surface area contributed by atoms with Gasteiger partial charge in [-0.15, -0.1) is 11.3 Å². The Hall–Kier alpha value is -0.410. The molecule has 2 unspecified atom stereocenters. The van der Waals surface area contributed by atoms with Gasteiger partial charge >= 0.3 is 0 Å². The summed E-state index contributed by atoms with van der Waals surface area (Å²) < 4.78 is 0. The smallest absolute Gasteiger partial charge is 0.113 e. The fourth-order valence-electron chi connectivity index (χ4n) is 2.72. The van der Waals surface area contributed by atoms with E-state index in [0.717, 1.165) is 12.5 Å². The van der Waals surface area contributed by atoms with E-state index in [9.17, 15) is 0 Å². The van der Waals surface area contributed by atoms with Gasteiger partial charge in [-0.05, 0) is 31.7 Å². The zero-order valence-electron chi connectivity index (χ0n) is 9.62. The van der Waals surface area contributed by atoms with E-state index in [1.54, 1.807) is 11.3 Å². The minimum absolute atomic E-state index is 0.198. The normalized spacial score (nSPS) is 30.9. The molecule has 1 aliphatic carbocycles. The van der Waals surface area contributed by atoms with E-state index in [4.69, 9.17) is 0 Å². The number of aromatic nitrogens is 1. The van der Waals surface area contributed by atoms with Gasteiger partial charge in [0.1, 0.15) is 5.01 Å². The standard InChI is InChI=1S/C12H20N2S/c1-3-10-5-6-12(9-10,14-4-2)11-13-7-8-15-11/h7-8,10,14H,3-6,9H2,1-2H3. The summed E-state index contributed by atoms with van der Waals surface area (Å²) in [6, 6.07) is 0. The van der Waals surface area contributed by atoms with Crippen molar-refractivity contribution in [1.29, 1.82) is 0 Å². The molecule has 1 aliphatic rings. The molecule has 15 heavy (non-hydrogen) atoms. The van der Waals surface area contributed by atoms with E-state index >= 15 is 0 Å². The second-order valence-electron chi connectivity index (χ2n) is 4.47. The molecule has 0 spiro atoms. The van der Waals surface area contributed by atoms with Gasteiger partial charge in [0.2, 0.25) is 0 Å². The van der Waals surface area contributed by atoms with E-state index in [-0.39, 0.29) is 5.54 Å². The third-order valence-electron chi connectivity index (χ3n) is 3.55. The molecule has 1 N–H and O–H groups in total. The van der Waals surface area contributed by atoms with Gasteiger partial charge in [0.25, 0.3) is 0 Å². The van der Waals surface area contributed by atoms with Gasteiger partial charge in [0.05, 0.1) is 5.54 Å². The number of hydrogen-bond acceptors (Lipinski definition) is 3. The van der Waals surface area contributed by atoms with E-state index in [2.05, 4.69) is 29.5 Å². The van der Waals surface area contributed by atoms with Crippen LogP contribution in [0.2, 0.25) is 0 Å². The van der Waals surface area contributed by atoms with Gasteiger partial charge in [-0.1, -0.05) is 20.3 Å². The molecule has 1 heterocycles. The summed E-state index contributed by atoms with van der Waals surface area (Å²) in [5, 5.41) is 7.06. The van der Waals surface area contributed by atoms with E-state index in [0.29, 0.717) is 0 Å². The molecule has 0 saturated heterocycles. The summed E-state index contributed by atoms with van der Waals surface area (Å²) in [5.74, 6) is 0.882. The number of thiazole rings is 1. The molecule has 1 aromatic heterocycles. The third kappa shape index (κ3) is 2.08. The molecule has 84 valence electrons. The summed E-state index contributed by atoms with van der Waals surface area (Å²) >= 11 is 1.80. The molecular formula is C12H20N2S. The highest BCUT2D eigenvalue weighted by Gasteiger charge is 2.40. The lowest BCUT2D eigenvalue weighted by Crippen LogP contribution is -2.40. The molecule has 2 atom stereocenters. The molecule has 0 aromatic carbocycles. The first-order valence-corrected chi connectivity index (χ1v) is 6.83. The Morgan fingerprint density at radius 1 is 1.60 bits per heavy atom. The topological polar surface area (TPSA) is 24.9 Å². The third-order valence-corrected chi connectivity index (χ3v) is 4.53. The van der Waals surface area contributed by atoms with Crippen LogP contribution in [0.15, 0.2) is 11.6 Å². The molecule has 2 nitrogen and oxygen atoms in total. The molecule has 1 fully saturated rings. The SMILES string of the molecule is CCNC1(c2nccs2)CCC(CC)C1. The van der Waals surface area contributed by atoms with Crippen LogP contribution < -0.4 is 5.32 Å². The van der Waals surface area contributed by atoms with Gasteiger partial charge in [-0.25, -0.2) is 4.98 Å². The molecule has 2 rings (SSSR count). The zero-order chi connectivity index (χ0) is 10.7. The molecule has 1 saturated carbocycles. The van der Waals surface area contributed by atoms with Crippen LogP contribution in [0.25, 0.3) is 0 Å². The van der Waals surface area contributed by atoms with E-state index in [1.807, 2.05) is 6.20 Å². The summed E-state index contributed by atoms with van der Waals surface area (Å²) in [4.78, 5) is 4.51. The van der Waals surface area contributed by atoms with Crippen molar-refractivity contribution in [3.05, 3.63) is 16.6 Å². The molecule has 3 heteroatoms. The lowest BCUT2D eigenvalue weighted by atomic mass is 9.95. The molecule has 1 aromatic rings. The van der Waals surface area contributed by atoms with Crippen molar-refractivity contribution in [2.45, 2.75) is 45.1 Å². The molecule has 0 bridgehead atoms. The number of nitrogens with one attached hydrogen (secondary N) is 1. The van der Waals surface area contributed by atoms with Crippen LogP contribution >= 0.6 is 11.3 Å². The minimum Gasteiger partial charge on any atom is -0.306 e. The Bertz CT molecular complexity index is 297. The maximum Gasteiger partial charge on any atom is 0.113 e. The number of hydrogen-bond donors (Lipinski definition) is 1. The van der Waals surface area contributed by atoms with Gasteiger partial charge in [0, 0.05) is 11.6 Å². The maximum absolute atomic E-state index is 4.51. The lowest BCUT2D eigenvalue weighted by Gasteiger charge is -2.28. The largest absolute Gasteiger partial charge is 0.306 e. The van der Waals surface area contributed by atoms with Crippen molar-refractivity contribution in [2.24, 2.45) is 5.92 Å². The van der Waals surface area contributed by atoms with Crippen LogP contribution in [0.3, 0.4) is 0 Å². The number of nitrogens with zero attached hydrogens (tertiary/aromatic N) is 1. The van der Waals surface area contributed by atoms with E-state index < -0.39 is 0 Å². The lowest BCUT2D eigenvalue weighted by molar-refractivity contribution is 0.331. The fraction of sp³-hybridized carbons (Fsp3) is 0.750. The van der Waals surface area contributed by atoms with Crippen molar-refractivity contribution >= 4 is 11.3 Å². The van der Waals surface area contributed by atoms with Crippen LogP contribution in [-0.4, -0.2) is 11.5 Å². The van der Waals surface area contributed by atoms with Crippen molar-refractivity contribution in [1.82, 2.24) is 10.3 Å². The highest BCUT2D eigenvalue weighted by molar-refractivity contribution is 7.09. The Morgan fingerprint density at radius 3 is 3.00 bits per heavy atom. The predicted octanol–water partition coefficient (Wildman–Crippen LogP) is 3.16. The van der Waals surface area contributed by atoms with Crippen molar-refractivity contribution in [3.63, 3.8) is 0 Å². The van der Waals surface area contributed by atoms with Crippen molar-refractivity contribution in [3.8, 4) is 0 Å². The van der Waals surface area contributed by atoms with Crippen LogP contribution in [0.1, 0.15) is 44.5 Å². The monoisotopic (exact) mass is 224 g/mol. The Kier molecular flexibility index (Phi) is 3.42. The highest BCUT2D eigenvalue weighted by Crippen LogP contribution is 2.43. The van der Waals surface area contributed by atoms with Gasteiger partial charge in [-0.3, -0.25) is 0 Å². The van der Waals surface area contributed by atoms with E-state index in [1.165, 1.54) is 30.7 Å². The summed E-state index contributed by atoms with van der Waals surface area (Å²) in [5.41, 5.74) is 0.198. The summed E-state index contributed by atoms with van der Waals surface area (Å²) in [6.45, 7) is 5.53. The highest BCUT2D eigenvalue weighted by atomic mass is 32.1. The van der Waals surface area contributed by atoms with Gasteiger partial charge < -0.3 is 5.32 Å². The Labute approximate surface area is 96.1 Å². The second-order valence-corrected chi connectivity index (χ2v) is 5.36. The molecule has 0 radical (unpaired) electrons. The van der Waals surface area contributed by atoms with Crippen molar-refractivity contribution in [2.75, 3.05) is 6.54 Å². The summed E-state index contributed by atoms with van der Waals surface area (Å²) in [7, 11) is 0. The van der Waals surface area contributed by atoms with Crippen LogP contribution in [-0.2, 0) is 5.54 Å². The fourth-order valence-corrected chi connectivity index (χ4v) is 3.58. The first kappa shape index (κ1) is 11.1. The molecular weight excluding hydrogens is 204 g/mol. The Morgan fingerprint density at radius 2 is 2.47 bits per heavy atom.